The summed E-state index contributed by atoms with van der Waals surface area (Å²) in [6, 6.07) is 18.6. The Labute approximate surface area is 211 Å². The van der Waals surface area contributed by atoms with Gasteiger partial charge in [-0.2, -0.15) is 13.4 Å². The zero-order valence-corrected chi connectivity index (χ0v) is 21.5. The fraction of sp³-hybridized carbons (Fsp3) is 0.333. The molecule has 188 valence electrons. The molecule has 2 aromatic carbocycles. The Bertz CT molecular complexity index is 1450. The van der Waals surface area contributed by atoms with Gasteiger partial charge in [-0.25, -0.2) is 4.98 Å². The molecule has 1 N–H and O–H groups in total. The van der Waals surface area contributed by atoms with Crippen molar-refractivity contribution in [1.82, 2.24) is 9.97 Å². The molecule has 0 atom stereocenters. The number of hydrogen-bond donors (Lipinski definition) is 1. The number of sulfonamides is 1. The molecule has 0 unspecified atom stereocenters. The Morgan fingerprint density at radius 1 is 1.03 bits per heavy atom. The van der Waals surface area contributed by atoms with Crippen LogP contribution in [0.15, 0.2) is 76.3 Å². The molecule has 0 aliphatic carbocycles. The topological polar surface area (TPSA) is 97.6 Å². The molecule has 0 amide bonds. The average molecular weight is 507 g/mol. The van der Waals surface area contributed by atoms with Gasteiger partial charge in [0.1, 0.15) is 17.4 Å². The third-order valence-electron chi connectivity index (χ3n) is 6.29. The number of benzene rings is 2. The van der Waals surface area contributed by atoms with Gasteiger partial charge >= 0.3 is 0 Å². The normalized spacial score (nSPS) is 15.2. The lowest BCUT2D eigenvalue weighted by Crippen LogP contribution is -2.38. The summed E-state index contributed by atoms with van der Waals surface area (Å²) >= 11 is 0. The van der Waals surface area contributed by atoms with Gasteiger partial charge in [0, 0.05) is 32.1 Å². The van der Waals surface area contributed by atoms with Crippen LogP contribution in [0.2, 0.25) is 0 Å². The van der Waals surface area contributed by atoms with Crippen LogP contribution in [0.5, 0.6) is 5.75 Å². The van der Waals surface area contributed by atoms with Crippen LogP contribution in [0, 0.1) is 0 Å². The van der Waals surface area contributed by atoms with E-state index in [2.05, 4.69) is 47.5 Å². The lowest BCUT2D eigenvalue weighted by Gasteiger charge is -2.31. The number of pyridine rings is 1. The Morgan fingerprint density at radius 3 is 2.50 bits per heavy atom. The van der Waals surface area contributed by atoms with Crippen LogP contribution >= 0.6 is 0 Å². The molecule has 0 radical (unpaired) electrons. The smallest absolute Gasteiger partial charge is 0.298 e. The van der Waals surface area contributed by atoms with E-state index in [9.17, 15) is 8.42 Å². The number of rotatable bonds is 6. The lowest BCUT2D eigenvalue weighted by molar-refractivity contribution is 0.170. The predicted octanol–water partition coefficient (Wildman–Crippen LogP) is 5.37. The van der Waals surface area contributed by atoms with E-state index in [1.807, 2.05) is 12.1 Å². The quantitative estimate of drug-likeness (QED) is 0.375. The maximum atomic E-state index is 12.7. The second kappa shape index (κ2) is 9.46. The minimum absolute atomic E-state index is 0.0407. The van der Waals surface area contributed by atoms with Gasteiger partial charge in [-0.05, 0) is 47.4 Å². The van der Waals surface area contributed by atoms with E-state index in [1.165, 1.54) is 17.8 Å². The molecule has 5 rings (SSSR count). The Balaban J connectivity index is 1.25. The molecule has 36 heavy (non-hydrogen) atoms. The van der Waals surface area contributed by atoms with E-state index < -0.39 is 10.0 Å². The molecule has 2 aromatic heterocycles. The van der Waals surface area contributed by atoms with Crippen LogP contribution in [0.3, 0.4) is 0 Å². The fourth-order valence-electron chi connectivity index (χ4n) is 4.22. The summed E-state index contributed by atoms with van der Waals surface area (Å²) in [4.78, 5) is 10.8. The van der Waals surface area contributed by atoms with Crippen molar-refractivity contribution in [2.75, 3.05) is 22.7 Å². The first kappa shape index (κ1) is 24.1. The first-order valence-electron chi connectivity index (χ1n) is 12.0. The Kier molecular flexibility index (Phi) is 6.34. The van der Waals surface area contributed by atoms with Crippen LogP contribution in [-0.4, -0.2) is 37.6 Å². The molecule has 1 saturated heterocycles. The number of para-hydroxylation sites is 2. The summed E-state index contributed by atoms with van der Waals surface area (Å²) < 4.78 is 40.4. The minimum Gasteiger partial charge on any atom is -0.488 e. The number of oxazole rings is 1. The Morgan fingerprint density at radius 2 is 1.78 bits per heavy atom. The molecule has 1 fully saturated rings. The fourth-order valence-corrected chi connectivity index (χ4v) is 5.24. The predicted molar refractivity (Wildman–Crippen MR) is 140 cm³/mol. The molecule has 1 aliphatic rings. The first-order valence-corrected chi connectivity index (χ1v) is 13.5. The standard InChI is InChI=1S/C27H30N4O4S/c1-27(2,3)19-11-12-24-22(18-19)29-26(35-24)31-16-13-20(14-17-31)34-23-9-5-4-8-21(23)30-36(32,33)25-10-6-7-15-28-25/h4-12,15,18,20,30H,13-14,16-17H2,1-3H3. The largest absolute Gasteiger partial charge is 0.488 e. The van der Waals surface area contributed by atoms with Crippen molar-refractivity contribution in [3.05, 3.63) is 72.4 Å². The van der Waals surface area contributed by atoms with Gasteiger partial charge in [0.05, 0.1) is 5.69 Å². The van der Waals surface area contributed by atoms with Crippen LogP contribution in [0.25, 0.3) is 11.1 Å². The molecular formula is C27H30N4O4S. The number of anilines is 2. The van der Waals surface area contributed by atoms with E-state index in [0.717, 1.165) is 37.0 Å². The maximum Gasteiger partial charge on any atom is 0.298 e. The number of aromatic nitrogens is 2. The maximum absolute atomic E-state index is 12.7. The Hall–Kier alpha value is -3.59. The molecule has 8 nitrogen and oxygen atoms in total. The zero-order chi connectivity index (χ0) is 25.3. The van der Waals surface area contributed by atoms with Crippen molar-refractivity contribution in [2.24, 2.45) is 0 Å². The van der Waals surface area contributed by atoms with Crippen LogP contribution in [-0.2, 0) is 15.4 Å². The zero-order valence-electron chi connectivity index (χ0n) is 20.6. The average Bonchev–Trinajstić information content (AvgIpc) is 3.29. The van der Waals surface area contributed by atoms with Crippen molar-refractivity contribution in [1.29, 1.82) is 0 Å². The molecule has 0 spiro atoms. The molecular weight excluding hydrogens is 476 g/mol. The summed E-state index contributed by atoms with van der Waals surface area (Å²) in [6.45, 7) is 8.00. The highest BCUT2D eigenvalue weighted by molar-refractivity contribution is 7.92. The van der Waals surface area contributed by atoms with Crippen molar-refractivity contribution >= 4 is 32.8 Å². The first-order chi connectivity index (χ1) is 17.2. The number of ether oxygens (including phenoxy) is 1. The van der Waals surface area contributed by atoms with Crippen molar-refractivity contribution < 1.29 is 17.6 Å². The van der Waals surface area contributed by atoms with Gasteiger partial charge in [0.15, 0.2) is 10.6 Å². The number of nitrogens with one attached hydrogen (secondary N) is 1. The van der Waals surface area contributed by atoms with Gasteiger partial charge in [-0.3, -0.25) is 4.72 Å². The summed E-state index contributed by atoms with van der Waals surface area (Å²) in [5.41, 5.74) is 3.30. The highest BCUT2D eigenvalue weighted by Gasteiger charge is 2.26. The van der Waals surface area contributed by atoms with E-state index in [-0.39, 0.29) is 16.5 Å². The summed E-state index contributed by atoms with van der Waals surface area (Å²) in [5.74, 6) is 0.493. The van der Waals surface area contributed by atoms with Crippen LogP contribution in [0.4, 0.5) is 11.7 Å². The molecule has 1 aliphatic heterocycles. The van der Waals surface area contributed by atoms with Crippen molar-refractivity contribution in [2.45, 2.75) is 50.2 Å². The third kappa shape index (κ3) is 5.16. The number of nitrogens with zero attached hydrogens (tertiary/aromatic N) is 3. The number of hydrogen-bond acceptors (Lipinski definition) is 7. The molecule has 4 aromatic rings. The lowest BCUT2D eigenvalue weighted by atomic mass is 9.87. The van der Waals surface area contributed by atoms with E-state index >= 15 is 0 Å². The van der Waals surface area contributed by atoms with Gasteiger partial charge in [-0.1, -0.05) is 45.0 Å². The number of piperidine rings is 1. The number of fused-ring (bicyclic) bond motifs is 1. The molecule has 0 saturated carbocycles. The third-order valence-corrected chi connectivity index (χ3v) is 7.57. The SMILES string of the molecule is CC(C)(C)c1ccc2oc(N3CCC(Oc4ccccc4NS(=O)(=O)c4ccccn4)CC3)nc2c1. The summed E-state index contributed by atoms with van der Waals surface area (Å²) in [6.07, 6.45) is 2.91. The molecule has 0 bridgehead atoms. The molecule has 3 heterocycles. The monoisotopic (exact) mass is 506 g/mol. The summed E-state index contributed by atoms with van der Waals surface area (Å²) in [5, 5.41) is -0.0407. The second-order valence-electron chi connectivity index (χ2n) is 10.0. The van der Waals surface area contributed by atoms with Crippen molar-refractivity contribution in [3.8, 4) is 5.75 Å². The van der Waals surface area contributed by atoms with Gasteiger partial charge in [0.2, 0.25) is 0 Å². The highest BCUT2D eigenvalue weighted by Crippen LogP contribution is 2.32. The van der Waals surface area contributed by atoms with Gasteiger partial charge in [-0.15, -0.1) is 0 Å². The summed E-state index contributed by atoms with van der Waals surface area (Å²) in [7, 11) is -3.82. The van der Waals surface area contributed by atoms with Gasteiger partial charge in [0.25, 0.3) is 16.0 Å². The van der Waals surface area contributed by atoms with E-state index in [0.29, 0.717) is 17.5 Å². The van der Waals surface area contributed by atoms with E-state index in [4.69, 9.17) is 14.1 Å². The van der Waals surface area contributed by atoms with Gasteiger partial charge < -0.3 is 14.1 Å². The van der Waals surface area contributed by atoms with Crippen molar-refractivity contribution in [3.63, 3.8) is 0 Å². The van der Waals surface area contributed by atoms with Crippen LogP contribution in [0.1, 0.15) is 39.2 Å². The minimum atomic E-state index is -3.82. The highest BCUT2D eigenvalue weighted by atomic mass is 32.2. The van der Waals surface area contributed by atoms with E-state index in [1.54, 1.807) is 30.3 Å². The second-order valence-corrected chi connectivity index (χ2v) is 11.6. The van der Waals surface area contributed by atoms with Crippen LogP contribution < -0.4 is 14.4 Å². The molecule has 9 heteroatoms.